The molecule has 1 heterocycles. The monoisotopic (exact) mass is 230 g/mol. The second kappa shape index (κ2) is 4.21. The van der Waals surface area contributed by atoms with E-state index in [2.05, 4.69) is 9.97 Å². The lowest BCUT2D eigenvalue weighted by Gasteiger charge is -2.03. The van der Waals surface area contributed by atoms with Crippen LogP contribution in [0.3, 0.4) is 0 Å². The molecule has 2 aromatic rings. The first-order valence-corrected chi connectivity index (χ1v) is 4.94. The van der Waals surface area contributed by atoms with E-state index in [1.54, 1.807) is 19.1 Å². The lowest BCUT2D eigenvalue weighted by molar-refractivity contribution is 0.0695. The second-order valence-electron chi connectivity index (χ2n) is 3.54. The van der Waals surface area contributed by atoms with Crippen molar-refractivity contribution in [2.75, 3.05) is 0 Å². The van der Waals surface area contributed by atoms with Gasteiger partial charge in [0, 0.05) is 11.8 Å². The van der Waals surface area contributed by atoms with Gasteiger partial charge in [-0.15, -0.1) is 0 Å². The summed E-state index contributed by atoms with van der Waals surface area (Å²) < 4.78 is 0. The summed E-state index contributed by atoms with van der Waals surface area (Å²) in [4.78, 5) is 18.9. The SMILES string of the molecule is Cc1nc(-c2ccc(O)cc2)ncc1C(=O)O. The van der Waals surface area contributed by atoms with Gasteiger partial charge in [0.05, 0.1) is 11.3 Å². The van der Waals surface area contributed by atoms with Gasteiger partial charge in [-0.05, 0) is 31.2 Å². The number of aromatic hydroxyl groups is 1. The summed E-state index contributed by atoms with van der Waals surface area (Å²) in [5.74, 6) is -0.445. The predicted octanol–water partition coefficient (Wildman–Crippen LogP) is 1.86. The van der Waals surface area contributed by atoms with Gasteiger partial charge in [0.15, 0.2) is 5.82 Å². The average Bonchev–Trinajstić information content (AvgIpc) is 2.29. The van der Waals surface area contributed by atoms with Gasteiger partial charge in [-0.3, -0.25) is 0 Å². The molecule has 0 amide bonds. The van der Waals surface area contributed by atoms with Gasteiger partial charge in [0.1, 0.15) is 5.75 Å². The van der Waals surface area contributed by atoms with Crippen molar-refractivity contribution in [1.82, 2.24) is 9.97 Å². The van der Waals surface area contributed by atoms with Crippen LogP contribution in [0.4, 0.5) is 0 Å². The summed E-state index contributed by atoms with van der Waals surface area (Å²) in [6, 6.07) is 6.40. The lowest BCUT2D eigenvalue weighted by Crippen LogP contribution is -2.04. The Labute approximate surface area is 97.4 Å². The fourth-order valence-electron chi connectivity index (χ4n) is 1.43. The van der Waals surface area contributed by atoms with Crippen LogP contribution < -0.4 is 0 Å². The van der Waals surface area contributed by atoms with Crippen molar-refractivity contribution in [2.45, 2.75) is 6.92 Å². The van der Waals surface area contributed by atoms with Crippen molar-refractivity contribution >= 4 is 5.97 Å². The van der Waals surface area contributed by atoms with E-state index in [1.165, 1.54) is 18.3 Å². The fourth-order valence-corrected chi connectivity index (χ4v) is 1.43. The molecule has 0 aliphatic carbocycles. The number of aromatic nitrogens is 2. The number of phenols is 1. The molecule has 0 spiro atoms. The summed E-state index contributed by atoms with van der Waals surface area (Å²) in [7, 11) is 0. The Morgan fingerprint density at radius 3 is 2.41 bits per heavy atom. The molecular weight excluding hydrogens is 220 g/mol. The van der Waals surface area contributed by atoms with Gasteiger partial charge >= 0.3 is 5.97 Å². The molecule has 0 bridgehead atoms. The zero-order chi connectivity index (χ0) is 12.4. The Balaban J connectivity index is 2.44. The van der Waals surface area contributed by atoms with E-state index in [1.807, 2.05) is 0 Å². The van der Waals surface area contributed by atoms with E-state index in [-0.39, 0.29) is 11.3 Å². The minimum absolute atomic E-state index is 0.0903. The number of aryl methyl sites for hydroxylation is 1. The summed E-state index contributed by atoms with van der Waals surface area (Å²) in [6.07, 6.45) is 1.28. The van der Waals surface area contributed by atoms with E-state index in [0.29, 0.717) is 11.5 Å². The summed E-state index contributed by atoms with van der Waals surface area (Å²) in [5, 5.41) is 18.0. The van der Waals surface area contributed by atoms with E-state index < -0.39 is 5.97 Å². The largest absolute Gasteiger partial charge is 0.508 e. The Kier molecular flexibility index (Phi) is 2.74. The van der Waals surface area contributed by atoms with Crippen molar-refractivity contribution < 1.29 is 15.0 Å². The number of carboxylic acid groups (broad SMARTS) is 1. The summed E-state index contributed by atoms with van der Waals surface area (Å²) in [5.41, 5.74) is 1.23. The van der Waals surface area contributed by atoms with Crippen LogP contribution in [0.2, 0.25) is 0 Å². The first-order chi connectivity index (χ1) is 8.08. The van der Waals surface area contributed by atoms with Crippen molar-refractivity contribution in [3.63, 3.8) is 0 Å². The third kappa shape index (κ3) is 2.23. The Morgan fingerprint density at radius 2 is 1.88 bits per heavy atom. The molecule has 0 saturated heterocycles. The molecule has 0 aliphatic heterocycles. The number of hydrogen-bond donors (Lipinski definition) is 2. The number of nitrogens with zero attached hydrogens (tertiary/aromatic N) is 2. The number of rotatable bonds is 2. The van der Waals surface area contributed by atoms with Gasteiger partial charge in [-0.1, -0.05) is 0 Å². The normalized spacial score (nSPS) is 10.2. The maximum Gasteiger partial charge on any atom is 0.339 e. The molecule has 0 aliphatic rings. The highest BCUT2D eigenvalue weighted by Gasteiger charge is 2.10. The lowest BCUT2D eigenvalue weighted by atomic mass is 10.2. The number of carbonyl (C=O) groups is 1. The smallest absolute Gasteiger partial charge is 0.339 e. The molecule has 0 radical (unpaired) electrons. The van der Waals surface area contributed by atoms with Gasteiger partial charge in [-0.25, -0.2) is 14.8 Å². The van der Waals surface area contributed by atoms with Crippen LogP contribution in [-0.4, -0.2) is 26.2 Å². The molecule has 2 rings (SSSR count). The van der Waals surface area contributed by atoms with Crippen LogP contribution in [0.1, 0.15) is 16.1 Å². The van der Waals surface area contributed by atoms with Gasteiger partial charge in [0.2, 0.25) is 0 Å². The Morgan fingerprint density at radius 1 is 1.24 bits per heavy atom. The number of hydrogen-bond acceptors (Lipinski definition) is 4. The first kappa shape index (κ1) is 11.1. The number of aromatic carboxylic acids is 1. The second-order valence-corrected chi connectivity index (χ2v) is 3.54. The van der Waals surface area contributed by atoms with E-state index in [4.69, 9.17) is 10.2 Å². The highest BCUT2D eigenvalue weighted by atomic mass is 16.4. The molecule has 5 heteroatoms. The van der Waals surface area contributed by atoms with Crippen LogP contribution in [-0.2, 0) is 0 Å². The molecule has 86 valence electrons. The Bertz CT molecular complexity index is 564. The molecule has 17 heavy (non-hydrogen) atoms. The van der Waals surface area contributed by atoms with Crippen LogP contribution in [0.15, 0.2) is 30.5 Å². The van der Waals surface area contributed by atoms with Crippen molar-refractivity contribution in [2.24, 2.45) is 0 Å². The number of benzene rings is 1. The number of carboxylic acids is 1. The maximum atomic E-state index is 10.8. The predicted molar refractivity (Wildman–Crippen MR) is 60.8 cm³/mol. The van der Waals surface area contributed by atoms with Crippen LogP contribution >= 0.6 is 0 Å². The third-order valence-electron chi connectivity index (χ3n) is 2.34. The van der Waals surface area contributed by atoms with E-state index in [9.17, 15) is 4.79 Å². The minimum atomic E-state index is -1.04. The molecule has 0 unspecified atom stereocenters. The zero-order valence-corrected chi connectivity index (χ0v) is 9.08. The average molecular weight is 230 g/mol. The van der Waals surface area contributed by atoms with E-state index in [0.717, 1.165) is 5.56 Å². The first-order valence-electron chi connectivity index (χ1n) is 4.94. The minimum Gasteiger partial charge on any atom is -0.508 e. The topological polar surface area (TPSA) is 83.3 Å². The highest BCUT2D eigenvalue weighted by molar-refractivity contribution is 5.88. The highest BCUT2D eigenvalue weighted by Crippen LogP contribution is 2.19. The molecule has 1 aromatic carbocycles. The number of phenolic OH excluding ortho intramolecular Hbond substituents is 1. The van der Waals surface area contributed by atoms with Gasteiger partial charge in [0.25, 0.3) is 0 Å². The maximum absolute atomic E-state index is 10.8. The van der Waals surface area contributed by atoms with Crippen molar-refractivity contribution in [3.05, 3.63) is 41.7 Å². The van der Waals surface area contributed by atoms with E-state index >= 15 is 0 Å². The van der Waals surface area contributed by atoms with Crippen molar-refractivity contribution in [3.8, 4) is 17.1 Å². The van der Waals surface area contributed by atoms with Gasteiger partial charge < -0.3 is 10.2 Å². The molecule has 0 atom stereocenters. The molecule has 5 nitrogen and oxygen atoms in total. The zero-order valence-electron chi connectivity index (χ0n) is 9.08. The summed E-state index contributed by atoms with van der Waals surface area (Å²) >= 11 is 0. The molecule has 1 aromatic heterocycles. The van der Waals surface area contributed by atoms with Crippen LogP contribution in [0, 0.1) is 6.92 Å². The standard InChI is InChI=1S/C12H10N2O3/c1-7-10(12(16)17)6-13-11(14-7)8-2-4-9(15)5-3-8/h2-6,15H,1H3,(H,16,17). The quantitative estimate of drug-likeness (QED) is 0.822. The van der Waals surface area contributed by atoms with Crippen LogP contribution in [0.5, 0.6) is 5.75 Å². The Hall–Kier alpha value is -2.43. The molecular formula is C12H10N2O3. The summed E-state index contributed by atoms with van der Waals surface area (Å²) in [6.45, 7) is 1.62. The fraction of sp³-hybridized carbons (Fsp3) is 0.0833. The van der Waals surface area contributed by atoms with Crippen LogP contribution in [0.25, 0.3) is 11.4 Å². The third-order valence-corrected chi connectivity index (χ3v) is 2.34. The molecule has 0 fully saturated rings. The molecule has 0 saturated carbocycles. The van der Waals surface area contributed by atoms with Gasteiger partial charge in [-0.2, -0.15) is 0 Å². The van der Waals surface area contributed by atoms with Crippen molar-refractivity contribution in [1.29, 1.82) is 0 Å². The molecule has 2 N–H and O–H groups in total.